The molecule has 2 aromatic carbocycles. The van der Waals surface area contributed by atoms with Crippen molar-refractivity contribution in [3.8, 4) is 0 Å². The number of anilines is 1. The molecule has 3 aromatic rings. The molecule has 2 amide bonds. The number of carbonyl (C=O) groups is 2. The normalized spacial score (nSPS) is 16.6. The van der Waals surface area contributed by atoms with Crippen LogP contribution in [0.25, 0.3) is 5.57 Å². The van der Waals surface area contributed by atoms with Gasteiger partial charge in [-0.3, -0.25) is 19.5 Å². The standard InChI is InChI=1S/C28H28N4O2/c1-20-9-8-13-24(21(20)2)30-15-17-31(18-16-30)26-25(22-10-4-3-5-11-22)27(33)32(28(26)34)19-23-12-6-7-14-29-23/h3-14H,15-19H2,1-2H3. The molecule has 6 nitrogen and oxygen atoms in total. The topological polar surface area (TPSA) is 56.8 Å². The summed E-state index contributed by atoms with van der Waals surface area (Å²) in [6.07, 6.45) is 1.68. The first-order valence-corrected chi connectivity index (χ1v) is 11.7. The first-order chi connectivity index (χ1) is 16.5. The molecular formula is C28H28N4O2. The number of imide groups is 1. The van der Waals surface area contributed by atoms with Gasteiger partial charge in [0.15, 0.2) is 0 Å². The molecule has 6 heteroatoms. The molecule has 1 aromatic heterocycles. The molecule has 2 aliphatic rings. The SMILES string of the molecule is Cc1cccc(N2CCN(C3=C(c4ccccc4)C(=O)N(Cc4ccccn4)C3=O)CC2)c1C. The Morgan fingerprint density at radius 2 is 1.47 bits per heavy atom. The summed E-state index contributed by atoms with van der Waals surface area (Å²) in [6, 6.07) is 21.4. The fourth-order valence-electron chi connectivity index (χ4n) is 4.77. The van der Waals surface area contributed by atoms with Crippen molar-refractivity contribution in [3.05, 3.63) is 101 Å². The molecule has 172 valence electrons. The van der Waals surface area contributed by atoms with Crippen LogP contribution in [0.1, 0.15) is 22.4 Å². The molecule has 2 aliphatic heterocycles. The van der Waals surface area contributed by atoms with Crippen molar-refractivity contribution < 1.29 is 9.59 Å². The Hall–Kier alpha value is -3.93. The first-order valence-electron chi connectivity index (χ1n) is 11.7. The van der Waals surface area contributed by atoms with E-state index in [1.54, 1.807) is 6.20 Å². The number of carbonyl (C=O) groups excluding carboxylic acids is 2. The summed E-state index contributed by atoms with van der Waals surface area (Å²) in [6.45, 7) is 7.38. The first kappa shape index (κ1) is 21.9. The third-order valence-electron chi connectivity index (χ3n) is 6.76. The summed E-state index contributed by atoms with van der Waals surface area (Å²) in [4.78, 5) is 37.2. The van der Waals surface area contributed by atoms with E-state index in [0.717, 1.165) is 18.7 Å². The monoisotopic (exact) mass is 452 g/mol. The fraction of sp³-hybridized carbons (Fsp3) is 0.250. The van der Waals surface area contributed by atoms with Crippen LogP contribution in [0.4, 0.5) is 5.69 Å². The highest BCUT2D eigenvalue weighted by atomic mass is 16.2. The van der Waals surface area contributed by atoms with Crippen molar-refractivity contribution in [2.45, 2.75) is 20.4 Å². The second kappa shape index (κ2) is 9.14. The highest BCUT2D eigenvalue weighted by molar-refractivity contribution is 6.35. The average molecular weight is 453 g/mol. The van der Waals surface area contributed by atoms with E-state index in [0.29, 0.717) is 30.1 Å². The van der Waals surface area contributed by atoms with Crippen LogP contribution in [0, 0.1) is 13.8 Å². The van der Waals surface area contributed by atoms with Gasteiger partial charge in [0.05, 0.1) is 17.8 Å². The predicted molar refractivity (Wildman–Crippen MR) is 133 cm³/mol. The minimum Gasteiger partial charge on any atom is -0.368 e. The Balaban J connectivity index is 1.44. The number of piperazine rings is 1. The van der Waals surface area contributed by atoms with E-state index in [1.807, 2.05) is 48.5 Å². The lowest BCUT2D eigenvalue weighted by Gasteiger charge is -2.38. The predicted octanol–water partition coefficient (Wildman–Crippen LogP) is 3.80. The van der Waals surface area contributed by atoms with Gasteiger partial charge in [-0.25, -0.2) is 0 Å². The molecule has 1 saturated heterocycles. The van der Waals surface area contributed by atoms with Crippen LogP contribution in [0.3, 0.4) is 0 Å². The molecule has 3 heterocycles. The number of pyridine rings is 1. The minimum atomic E-state index is -0.256. The Morgan fingerprint density at radius 3 is 2.18 bits per heavy atom. The van der Waals surface area contributed by atoms with Crippen molar-refractivity contribution in [1.29, 1.82) is 0 Å². The second-order valence-corrected chi connectivity index (χ2v) is 8.80. The quantitative estimate of drug-likeness (QED) is 0.551. The summed E-state index contributed by atoms with van der Waals surface area (Å²) in [5, 5.41) is 0. The van der Waals surface area contributed by atoms with Gasteiger partial charge in [0, 0.05) is 38.1 Å². The fourth-order valence-corrected chi connectivity index (χ4v) is 4.77. The van der Waals surface area contributed by atoms with E-state index in [2.05, 4.69) is 46.8 Å². The lowest BCUT2D eigenvalue weighted by molar-refractivity contribution is -0.138. The maximum absolute atomic E-state index is 13.6. The van der Waals surface area contributed by atoms with Gasteiger partial charge in [-0.15, -0.1) is 0 Å². The van der Waals surface area contributed by atoms with E-state index >= 15 is 0 Å². The van der Waals surface area contributed by atoms with Gasteiger partial charge in [-0.05, 0) is 48.7 Å². The number of hydrogen-bond donors (Lipinski definition) is 0. The molecule has 1 fully saturated rings. The van der Waals surface area contributed by atoms with Crippen molar-refractivity contribution in [2.24, 2.45) is 0 Å². The van der Waals surface area contributed by atoms with E-state index in [-0.39, 0.29) is 18.4 Å². The number of hydrogen-bond acceptors (Lipinski definition) is 5. The van der Waals surface area contributed by atoms with Gasteiger partial charge in [0.1, 0.15) is 5.70 Å². The van der Waals surface area contributed by atoms with Crippen LogP contribution >= 0.6 is 0 Å². The van der Waals surface area contributed by atoms with Crippen LogP contribution in [0.2, 0.25) is 0 Å². The molecular weight excluding hydrogens is 424 g/mol. The zero-order chi connectivity index (χ0) is 23.7. The largest absolute Gasteiger partial charge is 0.368 e. The maximum atomic E-state index is 13.6. The molecule has 0 N–H and O–H groups in total. The van der Waals surface area contributed by atoms with Gasteiger partial charge in [-0.1, -0.05) is 48.5 Å². The van der Waals surface area contributed by atoms with Crippen molar-refractivity contribution >= 4 is 23.1 Å². The van der Waals surface area contributed by atoms with Crippen LogP contribution in [-0.2, 0) is 16.1 Å². The zero-order valence-electron chi connectivity index (χ0n) is 19.6. The molecule has 34 heavy (non-hydrogen) atoms. The number of nitrogens with zero attached hydrogens (tertiary/aromatic N) is 4. The lowest BCUT2D eigenvalue weighted by atomic mass is 10.0. The van der Waals surface area contributed by atoms with Crippen molar-refractivity contribution in [3.63, 3.8) is 0 Å². The molecule has 0 radical (unpaired) electrons. The Labute approximate surface area is 200 Å². The molecule has 5 rings (SSSR count). The third kappa shape index (κ3) is 3.96. The Kier molecular flexibility index (Phi) is 5.88. The number of rotatable bonds is 5. The van der Waals surface area contributed by atoms with E-state index < -0.39 is 0 Å². The molecule has 0 bridgehead atoms. The van der Waals surface area contributed by atoms with Gasteiger partial charge < -0.3 is 9.80 Å². The molecule has 0 spiro atoms. The van der Waals surface area contributed by atoms with Gasteiger partial charge in [0.2, 0.25) is 0 Å². The smallest absolute Gasteiger partial charge is 0.278 e. The van der Waals surface area contributed by atoms with Crippen LogP contribution in [-0.4, -0.2) is 52.8 Å². The number of aromatic nitrogens is 1. The maximum Gasteiger partial charge on any atom is 0.278 e. The summed E-state index contributed by atoms with van der Waals surface area (Å²) in [7, 11) is 0. The summed E-state index contributed by atoms with van der Waals surface area (Å²) in [5.74, 6) is -0.497. The average Bonchev–Trinajstić information content (AvgIpc) is 3.12. The third-order valence-corrected chi connectivity index (χ3v) is 6.76. The van der Waals surface area contributed by atoms with Gasteiger partial charge in [-0.2, -0.15) is 0 Å². The molecule has 0 unspecified atom stereocenters. The summed E-state index contributed by atoms with van der Waals surface area (Å²) in [5.41, 5.74) is 6.26. The number of amides is 2. The zero-order valence-corrected chi connectivity index (χ0v) is 19.6. The minimum absolute atomic E-state index is 0.167. The Morgan fingerprint density at radius 1 is 0.765 bits per heavy atom. The lowest BCUT2D eigenvalue weighted by Crippen LogP contribution is -2.47. The van der Waals surface area contributed by atoms with Crippen LogP contribution in [0.5, 0.6) is 0 Å². The molecule has 0 saturated carbocycles. The highest BCUT2D eigenvalue weighted by Crippen LogP contribution is 2.33. The van der Waals surface area contributed by atoms with Crippen molar-refractivity contribution in [1.82, 2.24) is 14.8 Å². The van der Waals surface area contributed by atoms with E-state index in [9.17, 15) is 9.59 Å². The van der Waals surface area contributed by atoms with Crippen LogP contribution < -0.4 is 4.90 Å². The van der Waals surface area contributed by atoms with Crippen LogP contribution in [0.15, 0.2) is 78.6 Å². The van der Waals surface area contributed by atoms with E-state index in [1.165, 1.54) is 21.7 Å². The van der Waals surface area contributed by atoms with Crippen molar-refractivity contribution in [2.75, 3.05) is 31.1 Å². The molecule has 0 aliphatic carbocycles. The molecule has 0 atom stereocenters. The summed E-state index contributed by atoms with van der Waals surface area (Å²) < 4.78 is 0. The number of benzene rings is 2. The Bertz CT molecular complexity index is 1250. The van der Waals surface area contributed by atoms with Gasteiger partial charge >= 0.3 is 0 Å². The second-order valence-electron chi connectivity index (χ2n) is 8.80. The highest BCUT2D eigenvalue weighted by Gasteiger charge is 2.42. The number of aryl methyl sites for hydroxylation is 1. The van der Waals surface area contributed by atoms with E-state index in [4.69, 9.17) is 0 Å². The van der Waals surface area contributed by atoms with Gasteiger partial charge in [0.25, 0.3) is 11.8 Å². The summed E-state index contributed by atoms with van der Waals surface area (Å²) >= 11 is 0.